The summed E-state index contributed by atoms with van der Waals surface area (Å²) in [5, 5.41) is 20.1. The quantitative estimate of drug-likeness (QED) is 0.819. The summed E-state index contributed by atoms with van der Waals surface area (Å²) in [6, 6.07) is 9.43. The molecule has 2 bridgehead atoms. The lowest BCUT2D eigenvalue weighted by Crippen LogP contribution is -2.52. The van der Waals surface area contributed by atoms with Crippen LogP contribution in [0.3, 0.4) is 0 Å². The predicted molar refractivity (Wildman–Crippen MR) is 81.1 cm³/mol. The number of ether oxygens (including phenoxy) is 1. The van der Waals surface area contributed by atoms with E-state index in [0.29, 0.717) is 6.42 Å². The molecule has 0 spiro atoms. The van der Waals surface area contributed by atoms with E-state index in [-0.39, 0.29) is 18.8 Å². The summed E-state index contributed by atoms with van der Waals surface area (Å²) in [6.45, 7) is -0.275. The lowest BCUT2D eigenvalue weighted by molar-refractivity contribution is -0.172. The zero-order chi connectivity index (χ0) is 15.7. The number of piperidine rings is 1. The minimum atomic E-state index is -0.852. The van der Waals surface area contributed by atoms with Crippen molar-refractivity contribution in [2.75, 3.05) is 13.7 Å². The Morgan fingerprint density at radius 1 is 1.45 bits per heavy atom. The summed E-state index contributed by atoms with van der Waals surface area (Å²) in [5.74, 6) is -1.07. The second-order valence-corrected chi connectivity index (χ2v) is 6.43. The molecule has 1 aromatic rings. The molecule has 4 atom stereocenters. The Kier molecular flexibility index (Phi) is 4.21. The number of aliphatic hydroxyl groups excluding tert-OH is 1. The number of hydrogen-bond acceptors (Lipinski definition) is 5. The molecular weight excluding hydrogens is 282 g/mol. The van der Waals surface area contributed by atoms with E-state index in [4.69, 9.17) is 4.74 Å². The van der Waals surface area contributed by atoms with E-state index in [1.807, 2.05) is 42.3 Å². The molecule has 1 aromatic carbocycles. The van der Waals surface area contributed by atoms with Gasteiger partial charge in [-0.05, 0) is 25.5 Å². The first kappa shape index (κ1) is 15.5. The summed E-state index contributed by atoms with van der Waals surface area (Å²) < 4.78 is 5.61. The molecule has 0 radical (unpaired) electrons. The van der Waals surface area contributed by atoms with E-state index in [0.717, 1.165) is 24.8 Å². The van der Waals surface area contributed by atoms with Gasteiger partial charge in [-0.2, -0.15) is 0 Å². The molecule has 2 heterocycles. The van der Waals surface area contributed by atoms with Crippen LogP contribution in [-0.2, 0) is 9.53 Å². The van der Waals surface area contributed by atoms with E-state index >= 15 is 0 Å². The van der Waals surface area contributed by atoms with Crippen LogP contribution < -0.4 is 0 Å². The minimum absolute atomic E-state index is 0.265. The van der Waals surface area contributed by atoms with Crippen molar-refractivity contribution in [2.24, 2.45) is 0 Å². The van der Waals surface area contributed by atoms with Gasteiger partial charge < -0.3 is 14.9 Å². The first-order valence-electron chi connectivity index (χ1n) is 7.85. The second-order valence-electron chi connectivity index (χ2n) is 6.43. The van der Waals surface area contributed by atoms with E-state index in [2.05, 4.69) is 0 Å². The fourth-order valence-corrected chi connectivity index (χ4v) is 3.72. The van der Waals surface area contributed by atoms with Crippen LogP contribution in [0.25, 0.3) is 0 Å². The number of benzene rings is 1. The van der Waals surface area contributed by atoms with Gasteiger partial charge in [-0.1, -0.05) is 30.3 Å². The van der Waals surface area contributed by atoms with Crippen LogP contribution in [-0.4, -0.2) is 52.6 Å². The van der Waals surface area contributed by atoms with Crippen LogP contribution >= 0.6 is 0 Å². The van der Waals surface area contributed by atoms with Crippen molar-refractivity contribution in [1.29, 1.82) is 0 Å². The van der Waals surface area contributed by atoms with Gasteiger partial charge in [0.25, 0.3) is 0 Å². The molecular formula is C17H23NO4. The number of nitrogens with zero attached hydrogens (tertiary/aromatic N) is 1. The van der Waals surface area contributed by atoms with Gasteiger partial charge in [-0.15, -0.1) is 0 Å². The largest absolute Gasteiger partial charge is 0.462 e. The molecule has 2 fully saturated rings. The van der Waals surface area contributed by atoms with Gasteiger partial charge in [0.1, 0.15) is 17.7 Å². The van der Waals surface area contributed by atoms with Crippen molar-refractivity contribution >= 4 is 5.97 Å². The summed E-state index contributed by atoms with van der Waals surface area (Å²) in [4.78, 5) is 14.4. The normalized spacial score (nSPS) is 32.7. The zero-order valence-electron chi connectivity index (χ0n) is 12.8. The number of fused-ring (bicyclic) bond motifs is 2. The highest BCUT2D eigenvalue weighted by atomic mass is 16.5. The lowest BCUT2D eigenvalue weighted by Gasteiger charge is -2.41. The molecule has 5 nitrogen and oxygen atoms in total. The molecule has 2 aliphatic rings. The molecule has 3 unspecified atom stereocenters. The van der Waals surface area contributed by atoms with Crippen LogP contribution in [0.4, 0.5) is 0 Å². The molecule has 2 N–H and O–H groups in total. The monoisotopic (exact) mass is 305 g/mol. The standard InChI is InChI=1S/C17H23NO4/c1-18-13-7-8-17(18,21)10-14(9-13)22-16(20)15(11-19)12-5-3-2-4-6-12/h2-6,13-15,19,21H,7-11H2,1H3/t13?,14?,15-,17?/m1/s1. The Hall–Kier alpha value is -1.43. The third kappa shape index (κ3) is 2.76. The van der Waals surface area contributed by atoms with Crippen LogP contribution in [0.2, 0.25) is 0 Å². The molecule has 3 rings (SSSR count). The lowest BCUT2D eigenvalue weighted by atomic mass is 9.96. The van der Waals surface area contributed by atoms with Crippen molar-refractivity contribution in [1.82, 2.24) is 4.90 Å². The van der Waals surface area contributed by atoms with E-state index < -0.39 is 17.6 Å². The zero-order valence-corrected chi connectivity index (χ0v) is 12.8. The molecule has 0 aliphatic carbocycles. The Balaban J connectivity index is 1.67. The summed E-state index contributed by atoms with van der Waals surface area (Å²) in [7, 11) is 1.93. The molecule has 2 saturated heterocycles. The molecule has 120 valence electrons. The summed E-state index contributed by atoms with van der Waals surface area (Å²) in [6.07, 6.45) is 2.57. The van der Waals surface area contributed by atoms with Crippen molar-refractivity contribution in [3.8, 4) is 0 Å². The van der Waals surface area contributed by atoms with Gasteiger partial charge in [-0.25, -0.2) is 0 Å². The topological polar surface area (TPSA) is 70.0 Å². The molecule has 0 saturated carbocycles. The molecule has 2 aliphatic heterocycles. The fourth-order valence-electron chi connectivity index (χ4n) is 3.72. The minimum Gasteiger partial charge on any atom is -0.462 e. The molecule has 22 heavy (non-hydrogen) atoms. The number of rotatable bonds is 4. The Bertz CT molecular complexity index is 535. The average Bonchev–Trinajstić information content (AvgIpc) is 2.68. The fraction of sp³-hybridized carbons (Fsp3) is 0.588. The van der Waals surface area contributed by atoms with Gasteiger partial charge in [0, 0.05) is 18.9 Å². The van der Waals surface area contributed by atoms with Gasteiger partial charge in [0.15, 0.2) is 0 Å². The Morgan fingerprint density at radius 3 is 2.82 bits per heavy atom. The Labute approximate surface area is 130 Å². The van der Waals surface area contributed by atoms with Crippen LogP contribution in [0.5, 0.6) is 0 Å². The van der Waals surface area contributed by atoms with Crippen molar-refractivity contribution in [2.45, 2.75) is 49.5 Å². The van der Waals surface area contributed by atoms with Gasteiger partial charge in [0.05, 0.1) is 6.61 Å². The first-order chi connectivity index (χ1) is 10.5. The highest BCUT2D eigenvalue weighted by Gasteiger charge is 2.50. The highest BCUT2D eigenvalue weighted by Crippen LogP contribution is 2.42. The third-order valence-electron chi connectivity index (χ3n) is 5.12. The number of hydrogen-bond donors (Lipinski definition) is 2. The third-order valence-corrected chi connectivity index (χ3v) is 5.12. The maximum atomic E-state index is 12.4. The van der Waals surface area contributed by atoms with Gasteiger partial charge >= 0.3 is 5.97 Å². The van der Waals surface area contributed by atoms with Gasteiger partial charge in [-0.3, -0.25) is 9.69 Å². The highest BCUT2D eigenvalue weighted by molar-refractivity contribution is 5.78. The number of carbonyl (C=O) groups is 1. The Morgan fingerprint density at radius 2 is 2.18 bits per heavy atom. The number of esters is 1. The number of carbonyl (C=O) groups excluding carboxylic acids is 1. The number of aliphatic hydroxyl groups is 2. The van der Waals surface area contributed by atoms with Gasteiger partial charge in [0.2, 0.25) is 0 Å². The summed E-state index contributed by atoms with van der Waals surface area (Å²) >= 11 is 0. The first-order valence-corrected chi connectivity index (χ1v) is 7.85. The van der Waals surface area contributed by atoms with Crippen LogP contribution in [0, 0.1) is 0 Å². The maximum absolute atomic E-state index is 12.4. The van der Waals surface area contributed by atoms with Crippen molar-refractivity contribution in [3.63, 3.8) is 0 Å². The second kappa shape index (κ2) is 5.99. The van der Waals surface area contributed by atoms with E-state index in [1.54, 1.807) is 0 Å². The molecule has 0 amide bonds. The summed E-state index contributed by atoms with van der Waals surface area (Å²) in [5.41, 5.74) is -0.0976. The predicted octanol–water partition coefficient (Wildman–Crippen LogP) is 1.25. The SMILES string of the molecule is CN1C2CCC1(O)CC(OC(=O)[C@H](CO)c1ccccc1)C2. The van der Waals surface area contributed by atoms with E-state index in [9.17, 15) is 15.0 Å². The average molecular weight is 305 g/mol. The maximum Gasteiger partial charge on any atom is 0.316 e. The molecule has 5 heteroatoms. The van der Waals surface area contributed by atoms with Crippen molar-refractivity contribution < 1.29 is 19.7 Å². The molecule has 0 aromatic heterocycles. The van der Waals surface area contributed by atoms with Crippen molar-refractivity contribution in [3.05, 3.63) is 35.9 Å². The van der Waals surface area contributed by atoms with Crippen LogP contribution in [0.1, 0.15) is 37.2 Å². The smallest absolute Gasteiger partial charge is 0.316 e. The van der Waals surface area contributed by atoms with E-state index in [1.165, 1.54) is 0 Å². The van der Waals surface area contributed by atoms with Crippen LogP contribution in [0.15, 0.2) is 30.3 Å².